The molecule has 2 aromatic carbocycles. The van der Waals surface area contributed by atoms with Crippen LogP contribution in [0.25, 0.3) is 0 Å². The molecular weight excluding hydrogens is 290 g/mol. The normalized spacial score (nSPS) is 13.0. The molecule has 23 heavy (non-hydrogen) atoms. The first-order valence-corrected chi connectivity index (χ1v) is 7.53. The second-order valence-corrected chi connectivity index (χ2v) is 5.54. The number of ether oxygens (including phenoxy) is 1. The number of hydrogen-bond acceptors (Lipinski definition) is 3. The summed E-state index contributed by atoms with van der Waals surface area (Å²) in [5, 5.41) is 2.94. The molecule has 0 bridgehead atoms. The maximum Gasteiger partial charge on any atom is 0.310 e. The first-order valence-electron chi connectivity index (χ1n) is 7.53. The molecule has 0 aromatic heterocycles. The Hall–Kier alpha value is -2.62. The van der Waals surface area contributed by atoms with Crippen LogP contribution in [-0.2, 0) is 9.53 Å². The van der Waals surface area contributed by atoms with Crippen molar-refractivity contribution in [3.63, 3.8) is 0 Å². The van der Waals surface area contributed by atoms with Crippen molar-refractivity contribution in [1.29, 1.82) is 0 Å². The first kappa shape index (κ1) is 16.7. The van der Waals surface area contributed by atoms with E-state index in [0.29, 0.717) is 5.56 Å². The van der Waals surface area contributed by atoms with Gasteiger partial charge in [0.25, 0.3) is 5.91 Å². The van der Waals surface area contributed by atoms with Gasteiger partial charge in [0.05, 0.1) is 19.1 Å². The van der Waals surface area contributed by atoms with Gasteiger partial charge in [-0.15, -0.1) is 0 Å². The van der Waals surface area contributed by atoms with Crippen molar-refractivity contribution < 1.29 is 14.3 Å². The molecule has 4 nitrogen and oxygen atoms in total. The lowest BCUT2D eigenvalue weighted by atomic mass is 9.94. The van der Waals surface area contributed by atoms with Gasteiger partial charge < -0.3 is 10.1 Å². The van der Waals surface area contributed by atoms with E-state index < -0.39 is 12.0 Å². The zero-order valence-electron chi connectivity index (χ0n) is 13.6. The fraction of sp³-hybridized carbons (Fsp3) is 0.263. The van der Waals surface area contributed by atoms with Gasteiger partial charge in [-0.1, -0.05) is 48.0 Å². The molecule has 4 heteroatoms. The molecule has 0 heterocycles. The second-order valence-electron chi connectivity index (χ2n) is 5.54. The number of carbonyl (C=O) groups excluding carboxylic acids is 2. The number of methoxy groups -OCH3 is 1. The summed E-state index contributed by atoms with van der Waals surface area (Å²) in [6, 6.07) is 16.3. The van der Waals surface area contributed by atoms with E-state index >= 15 is 0 Å². The monoisotopic (exact) mass is 311 g/mol. The fourth-order valence-corrected chi connectivity index (χ4v) is 2.41. The summed E-state index contributed by atoms with van der Waals surface area (Å²) in [6.07, 6.45) is 0. The highest BCUT2D eigenvalue weighted by molar-refractivity contribution is 5.94. The summed E-state index contributed by atoms with van der Waals surface area (Å²) in [6.45, 7) is 3.71. The Kier molecular flexibility index (Phi) is 5.52. The minimum absolute atomic E-state index is 0.213. The van der Waals surface area contributed by atoms with Crippen LogP contribution in [0.15, 0.2) is 54.6 Å². The number of carbonyl (C=O) groups is 2. The van der Waals surface area contributed by atoms with Gasteiger partial charge in [-0.05, 0) is 31.5 Å². The van der Waals surface area contributed by atoms with E-state index in [9.17, 15) is 9.59 Å². The summed E-state index contributed by atoms with van der Waals surface area (Å²) in [7, 11) is 1.35. The summed E-state index contributed by atoms with van der Waals surface area (Å²) in [5.74, 6) is -1.06. The topological polar surface area (TPSA) is 55.4 Å². The molecule has 0 spiro atoms. The van der Waals surface area contributed by atoms with E-state index in [-0.39, 0.29) is 11.9 Å². The number of aryl methyl sites for hydroxylation is 1. The lowest BCUT2D eigenvalue weighted by Crippen LogP contribution is -2.36. The second kappa shape index (κ2) is 7.58. The zero-order valence-corrected chi connectivity index (χ0v) is 13.6. The molecule has 2 unspecified atom stereocenters. The Labute approximate surface area is 136 Å². The molecule has 0 radical (unpaired) electrons. The third-order valence-corrected chi connectivity index (χ3v) is 3.83. The minimum Gasteiger partial charge on any atom is -0.469 e. The molecule has 1 N–H and O–H groups in total. The maximum absolute atomic E-state index is 12.5. The molecule has 0 aliphatic carbocycles. The SMILES string of the molecule is COC(=O)C(C)C(NC(=O)c1ccc(C)cc1)c1ccccc1. The molecule has 0 aliphatic rings. The van der Waals surface area contributed by atoms with Crippen molar-refractivity contribution in [3.8, 4) is 0 Å². The van der Waals surface area contributed by atoms with E-state index in [4.69, 9.17) is 4.74 Å². The molecule has 120 valence electrons. The number of amides is 1. The van der Waals surface area contributed by atoms with Crippen molar-refractivity contribution in [1.82, 2.24) is 5.32 Å². The molecule has 0 saturated carbocycles. The molecule has 0 aliphatic heterocycles. The predicted molar refractivity (Wildman–Crippen MR) is 89.0 cm³/mol. The van der Waals surface area contributed by atoms with E-state index in [0.717, 1.165) is 11.1 Å². The summed E-state index contributed by atoms with van der Waals surface area (Å²) >= 11 is 0. The standard InChI is InChI=1S/C19H21NO3/c1-13-9-11-16(12-10-13)18(21)20-17(14(2)19(22)23-3)15-7-5-4-6-8-15/h4-12,14,17H,1-3H3,(H,20,21). The number of rotatable bonds is 5. The van der Waals surface area contributed by atoms with Gasteiger partial charge in [-0.25, -0.2) is 0 Å². The Morgan fingerprint density at radius 3 is 2.17 bits per heavy atom. The third-order valence-electron chi connectivity index (χ3n) is 3.83. The molecule has 0 fully saturated rings. The molecule has 2 atom stereocenters. The van der Waals surface area contributed by atoms with E-state index in [1.165, 1.54) is 7.11 Å². The minimum atomic E-state index is -0.489. The van der Waals surface area contributed by atoms with Crippen molar-refractivity contribution in [3.05, 3.63) is 71.3 Å². The van der Waals surface area contributed by atoms with Crippen LogP contribution >= 0.6 is 0 Å². The van der Waals surface area contributed by atoms with Gasteiger partial charge in [-0.3, -0.25) is 9.59 Å². The third kappa shape index (κ3) is 4.19. The summed E-state index contributed by atoms with van der Waals surface area (Å²) in [5.41, 5.74) is 2.52. The lowest BCUT2D eigenvalue weighted by molar-refractivity contribution is -0.145. The van der Waals surface area contributed by atoms with Crippen LogP contribution in [0.1, 0.15) is 34.5 Å². The van der Waals surface area contributed by atoms with Crippen LogP contribution in [0.5, 0.6) is 0 Å². The van der Waals surface area contributed by atoms with E-state index in [1.807, 2.05) is 49.4 Å². The Morgan fingerprint density at radius 1 is 1.00 bits per heavy atom. The molecule has 0 saturated heterocycles. The van der Waals surface area contributed by atoms with Gasteiger partial charge in [0.2, 0.25) is 0 Å². The van der Waals surface area contributed by atoms with Gasteiger partial charge in [0.15, 0.2) is 0 Å². The quantitative estimate of drug-likeness (QED) is 0.862. The fourth-order valence-electron chi connectivity index (χ4n) is 2.41. The largest absolute Gasteiger partial charge is 0.469 e. The number of esters is 1. The highest BCUT2D eigenvalue weighted by Gasteiger charge is 2.28. The lowest BCUT2D eigenvalue weighted by Gasteiger charge is -2.24. The highest BCUT2D eigenvalue weighted by atomic mass is 16.5. The van der Waals surface area contributed by atoms with Crippen LogP contribution < -0.4 is 5.32 Å². The van der Waals surface area contributed by atoms with Crippen LogP contribution in [0, 0.1) is 12.8 Å². The maximum atomic E-state index is 12.5. The molecule has 2 aromatic rings. The zero-order chi connectivity index (χ0) is 16.8. The van der Waals surface area contributed by atoms with Gasteiger partial charge in [-0.2, -0.15) is 0 Å². The van der Waals surface area contributed by atoms with Crippen LogP contribution in [0.4, 0.5) is 0 Å². The molecular formula is C19H21NO3. The summed E-state index contributed by atoms with van der Waals surface area (Å²) < 4.78 is 4.83. The Bertz CT molecular complexity index is 665. The average Bonchev–Trinajstić information content (AvgIpc) is 2.59. The average molecular weight is 311 g/mol. The van der Waals surface area contributed by atoms with Gasteiger partial charge in [0.1, 0.15) is 0 Å². The van der Waals surface area contributed by atoms with Crippen LogP contribution in [0.3, 0.4) is 0 Å². The smallest absolute Gasteiger partial charge is 0.310 e. The Morgan fingerprint density at radius 2 is 1.61 bits per heavy atom. The van der Waals surface area contributed by atoms with Crippen LogP contribution in [-0.4, -0.2) is 19.0 Å². The van der Waals surface area contributed by atoms with Gasteiger partial charge in [0, 0.05) is 5.56 Å². The Balaban J connectivity index is 2.25. The number of hydrogen-bond donors (Lipinski definition) is 1. The predicted octanol–water partition coefficient (Wildman–Crippen LogP) is 3.28. The van der Waals surface area contributed by atoms with E-state index in [2.05, 4.69) is 5.32 Å². The van der Waals surface area contributed by atoms with E-state index in [1.54, 1.807) is 19.1 Å². The molecule has 2 rings (SSSR count). The van der Waals surface area contributed by atoms with Crippen molar-refractivity contribution >= 4 is 11.9 Å². The van der Waals surface area contributed by atoms with Gasteiger partial charge >= 0.3 is 5.97 Å². The molecule has 1 amide bonds. The first-order chi connectivity index (χ1) is 11.0. The van der Waals surface area contributed by atoms with Crippen LogP contribution in [0.2, 0.25) is 0 Å². The highest BCUT2D eigenvalue weighted by Crippen LogP contribution is 2.23. The van der Waals surface area contributed by atoms with Crippen molar-refractivity contribution in [2.75, 3.05) is 7.11 Å². The number of nitrogens with one attached hydrogen (secondary N) is 1. The summed E-state index contributed by atoms with van der Waals surface area (Å²) in [4.78, 5) is 24.4. The van der Waals surface area contributed by atoms with Crippen molar-refractivity contribution in [2.24, 2.45) is 5.92 Å². The van der Waals surface area contributed by atoms with Crippen molar-refractivity contribution in [2.45, 2.75) is 19.9 Å². The number of benzene rings is 2.